The molecule has 20 heavy (non-hydrogen) atoms. The van der Waals surface area contributed by atoms with Crippen molar-refractivity contribution in [1.29, 1.82) is 0 Å². The Morgan fingerprint density at radius 2 is 2.10 bits per heavy atom. The number of esters is 1. The highest BCUT2D eigenvalue weighted by molar-refractivity contribution is 6.30. The summed E-state index contributed by atoms with van der Waals surface area (Å²) in [5.74, 6) is -0.490. The van der Waals surface area contributed by atoms with Gasteiger partial charge in [-0.15, -0.1) is 0 Å². The van der Waals surface area contributed by atoms with E-state index in [4.69, 9.17) is 16.3 Å². The highest BCUT2D eigenvalue weighted by Gasteiger charge is 2.33. The number of halogens is 1. The van der Waals surface area contributed by atoms with E-state index >= 15 is 0 Å². The van der Waals surface area contributed by atoms with E-state index in [-0.39, 0.29) is 12.6 Å². The lowest BCUT2D eigenvalue weighted by Crippen LogP contribution is -2.54. The minimum atomic E-state index is -0.721. The van der Waals surface area contributed by atoms with Crippen LogP contribution in [0.3, 0.4) is 0 Å². The Hall–Kier alpha value is -1.79. The second kappa shape index (κ2) is 6.58. The quantitative estimate of drug-likeness (QED) is 0.845. The van der Waals surface area contributed by atoms with Crippen molar-refractivity contribution in [2.45, 2.75) is 6.04 Å². The summed E-state index contributed by atoms with van der Waals surface area (Å²) in [7, 11) is 1.28. The third-order valence-electron chi connectivity index (χ3n) is 2.96. The highest BCUT2D eigenvalue weighted by atomic mass is 35.5. The molecule has 6 nitrogen and oxygen atoms in total. The molecule has 108 valence electrons. The van der Waals surface area contributed by atoms with Gasteiger partial charge in [0.2, 0.25) is 0 Å². The fourth-order valence-corrected chi connectivity index (χ4v) is 2.03. The lowest BCUT2D eigenvalue weighted by Gasteiger charge is -2.33. The van der Waals surface area contributed by atoms with Crippen LogP contribution in [0.1, 0.15) is 0 Å². The molecule has 1 fully saturated rings. The number of rotatable bonds is 2. The Labute approximate surface area is 121 Å². The smallest absolute Gasteiger partial charge is 0.331 e. The molecule has 1 N–H and O–H groups in total. The number of morpholine rings is 1. The van der Waals surface area contributed by atoms with E-state index in [1.165, 1.54) is 12.0 Å². The molecule has 0 radical (unpaired) electrons. The van der Waals surface area contributed by atoms with Crippen LogP contribution in [0, 0.1) is 0 Å². The monoisotopic (exact) mass is 298 g/mol. The average molecular weight is 299 g/mol. The second-order valence-corrected chi connectivity index (χ2v) is 4.68. The van der Waals surface area contributed by atoms with E-state index in [2.05, 4.69) is 10.1 Å². The van der Waals surface area contributed by atoms with E-state index in [9.17, 15) is 9.59 Å². The maximum absolute atomic E-state index is 12.2. The van der Waals surface area contributed by atoms with Crippen molar-refractivity contribution in [3.05, 3.63) is 29.3 Å². The number of carbonyl (C=O) groups excluding carboxylic acids is 2. The second-order valence-electron chi connectivity index (χ2n) is 4.24. The minimum absolute atomic E-state index is 0.140. The van der Waals surface area contributed by atoms with Gasteiger partial charge in [0.05, 0.1) is 20.3 Å². The Bertz CT molecular complexity index is 492. The molecule has 1 unspecified atom stereocenters. The summed E-state index contributed by atoms with van der Waals surface area (Å²) in [5.41, 5.74) is 0.606. The van der Waals surface area contributed by atoms with Gasteiger partial charge in [-0.2, -0.15) is 0 Å². The van der Waals surface area contributed by atoms with Gasteiger partial charge in [0.25, 0.3) is 0 Å². The van der Waals surface area contributed by atoms with Crippen LogP contribution < -0.4 is 5.32 Å². The van der Waals surface area contributed by atoms with Crippen LogP contribution in [0.4, 0.5) is 10.5 Å². The number of benzene rings is 1. The SMILES string of the molecule is COC(=O)C1COCCN1C(=O)Nc1ccc(Cl)cc1. The molecule has 1 aliphatic heterocycles. The zero-order chi connectivity index (χ0) is 14.5. The van der Waals surface area contributed by atoms with Crippen LogP contribution in [0.25, 0.3) is 0 Å². The van der Waals surface area contributed by atoms with Crippen LogP contribution >= 0.6 is 11.6 Å². The number of ether oxygens (including phenoxy) is 2. The zero-order valence-corrected chi connectivity index (χ0v) is 11.7. The molecule has 0 saturated carbocycles. The summed E-state index contributed by atoms with van der Waals surface area (Å²) in [4.78, 5) is 25.2. The molecule has 0 aliphatic carbocycles. The molecular formula is C13H15ClN2O4. The first kappa shape index (κ1) is 14.6. The van der Waals surface area contributed by atoms with Gasteiger partial charge in [0.15, 0.2) is 6.04 Å². The topological polar surface area (TPSA) is 67.9 Å². The van der Waals surface area contributed by atoms with Crippen LogP contribution in [0.5, 0.6) is 0 Å². The number of amides is 2. The molecule has 1 atom stereocenters. The predicted octanol–water partition coefficient (Wildman–Crippen LogP) is 1.75. The summed E-state index contributed by atoms with van der Waals surface area (Å²) >= 11 is 5.78. The average Bonchev–Trinajstić information content (AvgIpc) is 2.48. The van der Waals surface area contributed by atoms with Gasteiger partial charge in [0.1, 0.15) is 0 Å². The molecule has 1 aliphatic rings. The maximum atomic E-state index is 12.2. The van der Waals surface area contributed by atoms with Crippen molar-refractivity contribution in [2.24, 2.45) is 0 Å². The molecule has 0 aromatic heterocycles. The van der Waals surface area contributed by atoms with Crippen molar-refractivity contribution in [3.8, 4) is 0 Å². The Kier molecular flexibility index (Phi) is 4.81. The van der Waals surface area contributed by atoms with E-state index in [0.717, 1.165) is 0 Å². The van der Waals surface area contributed by atoms with Crippen molar-refractivity contribution in [3.63, 3.8) is 0 Å². The summed E-state index contributed by atoms with van der Waals surface area (Å²) in [6.45, 7) is 0.863. The van der Waals surface area contributed by atoms with E-state index < -0.39 is 12.0 Å². The van der Waals surface area contributed by atoms with Crippen LogP contribution in [-0.2, 0) is 14.3 Å². The van der Waals surface area contributed by atoms with Gasteiger partial charge < -0.3 is 19.7 Å². The van der Waals surface area contributed by atoms with Crippen molar-refractivity contribution >= 4 is 29.3 Å². The van der Waals surface area contributed by atoms with Crippen LogP contribution in [-0.4, -0.2) is 49.8 Å². The number of nitrogens with one attached hydrogen (secondary N) is 1. The largest absolute Gasteiger partial charge is 0.467 e. The van der Waals surface area contributed by atoms with E-state index in [1.54, 1.807) is 24.3 Å². The Balaban J connectivity index is 2.05. The number of hydrogen-bond donors (Lipinski definition) is 1. The Morgan fingerprint density at radius 1 is 1.40 bits per heavy atom. The molecule has 0 bridgehead atoms. The van der Waals surface area contributed by atoms with Crippen molar-refractivity contribution in [1.82, 2.24) is 4.90 Å². The van der Waals surface area contributed by atoms with Gasteiger partial charge >= 0.3 is 12.0 Å². The standard InChI is InChI=1S/C13H15ClN2O4/c1-19-12(17)11-8-20-7-6-16(11)13(18)15-10-4-2-9(14)3-5-10/h2-5,11H,6-8H2,1H3,(H,15,18). The number of urea groups is 1. The van der Waals surface area contributed by atoms with Crippen molar-refractivity contribution < 1.29 is 19.1 Å². The summed E-state index contributed by atoms with van der Waals surface area (Å²) in [5, 5.41) is 3.30. The fraction of sp³-hybridized carbons (Fsp3) is 0.385. The maximum Gasteiger partial charge on any atom is 0.331 e. The summed E-state index contributed by atoms with van der Waals surface area (Å²) in [6.07, 6.45) is 0. The van der Waals surface area contributed by atoms with E-state index in [1.807, 2.05) is 0 Å². The van der Waals surface area contributed by atoms with Gasteiger partial charge in [-0.25, -0.2) is 9.59 Å². The molecule has 1 saturated heterocycles. The summed E-state index contributed by atoms with van der Waals surface area (Å²) < 4.78 is 9.89. The van der Waals surface area contributed by atoms with Crippen LogP contribution in [0.15, 0.2) is 24.3 Å². The first-order chi connectivity index (χ1) is 9.61. The third kappa shape index (κ3) is 3.40. The molecule has 2 amide bonds. The minimum Gasteiger partial charge on any atom is -0.467 e. The number of anilines is 1. The Morgan fingerprint density at radius 3 is 2.75 bits per heavy atom. The van der Waals surface area contributed by atoms with Gasteiger partial charge in [-0.3, -0.25) is 0 Å². The fourth-order valence-electron chi connectivity index (χ4n) is 1.91. The molecule has 0 spiro atoms. The summed E-state index contributed by atoms with van der Waals surface area (Å²) in [6, 6.07) is 5.64. The number of nitrogens with zero attached hydrogens (tertiary/aromatic N) is 1. The molecule has 7 heteroatoms. The highest BCUT2D eigenvalue weighted by Crippen LogP contribution is 2.16. The van der Waals surface area contributed by atoms with Crippen LogP contribution in [0.2, 0.25) is 5.02 Å². The lowest BCUT2D eigenvalue weighted by molar-refractivity contribution is -0.150. The predicted molar refractivity (Wildman–Crippen MR) is 73.8 cm³/mol. The zero-order valence-electron chi connectivity index (χ0n) is 11.0. The number of methoxy groups -OCH3 is 1. The molecule has 2 rings (SSSR count). The molecular weight excluding hydrogens is 284 g/mol. The van der Waals surface area contributed by atoms with E-state index in [0.29, 0.717) is 23.9 Å². The first-order valence-corrected chi connectivity index (χ1v) is 6.48. The number of carbonyl (C=O) groups is 2. The molecule has 1 aromatic carbocycles. The molecule has 1 heterocycles. The lowest BCUT2D eigenvalue weighted by atomic mass is 10.2. The molecule has 1 aromatic rings. The number of hydrogen-bond acceptors (Lipinski definition) is 4. The van der Waals surface area contributed by atoms with Gasteiger partial charge in [-0.1, -0.05) is 11.6 Å². The van der Waals surface area contributed by atoms with Gasteiger partial charge in [0, 0.05) is 17.3 Å². The van der Waals surface area contributed by atoms with Crippen molar-refractivity contribution in [2.75, 3.05) is 32.2 Å². The first-order valence-electron chi connectivity index (χ1n) is 6.10. The third-order valence-corrected chi connectivity index (χ3v) is 3.21. The van der Waals surface area contributed by atoms with Gasteiger partial charge in [-0.05, 0) is 24.3 Å². The normalized spacial score (nSPS) is 18.5.